The summed E-state index contributed by atoms with van der Waals surface area (Å²) in [5, 5.41) is 3.15. The lowest BCUT2D eigenvalue weighted by Crippen LogP contribution is -2.41. The first-order valence-electron chi connectivity index (χ1n) is 9.67. The number of carbonyl (C=O) groups excluding carboxylic acids is 1. The summed E-state index contributed by atoms with van der Waals surface area (Å²) in [5.74, 6) is 0.0845. The number of aryl methyl sites for hydroxylation is 1. The van der Waals surface area contributed by atoms with Gasteiger partial charge in [0.05, 0.1) is 5.56 Å². The van der Waals surface area contributed by atoms with Gasteiger partial charge in [-0.15, -0.1) is 0 Å². The Morgan fingerprint density at radius 1 is 1.25 bits per heavy atom. The Kier molecular flexibility index (Phi) is 5.33. The highest BCUT2D eigenvalue weighted by Gasteiger charge is 2.29. The van der Waals surface area contributed by atoms with Gasteiger partial charge in [0.25, 0.3) is 5.91 Å². The molecule has 2 aliphatic rings. The molecule has 0 radical (unpaired) electrons. The maximum Gasteiger partial charge on any atom is 0.253 e. The zero-order chi connectivity index (χ0) is 17.3. The fourth-order valence-electron chi connectivity index (χ4n) is 4.23. The van der Waals surface area contributed by atoms with Gasteiger partial charge in [-0.3, -0.25) is 9.69 Å². The van der Waals surface area contributed by atoms with E-state index in [9.17, 15) is 4.79 Å². The molecule has 1 unspecified atom stereocenters. The number of hydrogen-bond acceptors (Lipinski definition) is 2. The Morgan fingerprint density at radius 3 is 2.54 bits per heavy atom. The molecule has 24 heavy (non-hydrogen) atoms. The van der Waals surface area contributed by atoms with E-state index in [1.54, 1.807) is 0 Å². The van der Waals surface area contributed by atoms with Gasteiger partial charge in [0.15, 0.2) is 0 Å². The first kappa shape index (κ1) is 17.5. The van der Waals surface area contributed by atoms with Gasteiger partial charge in [-0.05, 0) is 59.6 Å². The predicted molar refractivity (Wildman–Crippen MR) is 98.6 cm³/mol. The topological polar surface area (TPSA) is 37.3 Å². The summed E-state index contributed by atoms with van der Waals surface area (Å²) < 4.78 is 2.41. The lowest BCUT2D eigenvalue weighted by Gasteiger charge is -2.26. The number of aromatic nitrogens is 1. The van der Waals surface area contributed by atoms with Gasteiger partial charge >= 0.3 is 0 Å². The number of nitrogens with zero attached hydrogens (tertiary/aromatic N) is 2. The number of nitrogens with one attached hydrogen (secondary N) is 1. The van der Waals surface area contributed by atoms with Crippen LogP contribution >= 0.6 is 0 Å². The number of carbonyl (C=O) groups is 1. The van der Waals surface area contributed by atoms with Crippen LogP contribution in [0.15, 0.2) is 6.07 Å². The summed E-state index contributed by atoms with van der Waals surface area (Å²) in [7, 11) is 2.17. The van der Waals surface area contributed by atoms with E-state index in [-0.39, 0.29) is 5.91 Å². The van der Waals surface area contributed by atoms with E-state index in [2.05, 4.69) is 48.7 Å². The van der Waals surface area contributed by atoms with Gasteiger partial charge in [-0.2, -0.15) is 0 Å². The summed E-state index contributed by atoms with van der Waals surface area (Å²) in [6.45, 7) is 7.17. The Labute approximate surface area is 146 Å². The zero-order valence-corrected chi connectivity index (χ0v) is 15.8. The Bertz CT molecular complexity index is 582. The van der Waals surface area contributed by atoms with E-state index in [0.717, 1.165) is 23.8 Å². The Hall–Kier alpha value is -1.29. The maximum atomic E-state index is 12.7. The van der Waals surface area contributed by atoms with Crippen LogP contribution in [0.2, 0.25) is 0 Å². The molecule has 1 aromatic rings. The van der Waals surface area contributed by atoms with Crippen molar-refractivity contribution in [3.8, 4) is 0 Å². The van der Waals surface area contributed by atoms with Crippen LogP contribution in [0.1, 0.15) is 79.7 Å². The minimum absolute atomic E-state index is 0.0845. The molecule has 1 N–H and O–H groups in total. The molecule has 0 saturated heterocycles. The molecule has 3 rings (SSSR count). The molecule has 4 heteroatoms. The van der Waals surface area contributed by atoms with Crippen molar-refractivity contribution in [1.29, 1.82) is 0 Å². The molecule has 2 saturated carbocycles. The molecule has 134 valence electrons. The zero-order valence-electron chi connectivity index (χ0n) is 15.8. The van der Waals surface area contributed by atoms with Crippen molar-refractivity contribution in [2.24, 2.45) is 0 Å². The summed E-state index contributed by atoms with van der Waals surface area (Å²) in [6.07, 6.45) is 9.09. The number of rotatable bonds is 6. The van der Waals surface area contributed by atoms with Gasteiger partial charge in [-0.1, -0.05) is 19.3 Å². The van der Waals surface area contributed by atoms with E-state index >= 15 is 0 Å². The highest BCUT2D eigenvalue weighted by Crippen LogP contribution is 2.32. The third kappa shape index (κ3) is 3.69. The van der Waals surface area contributed by atoms with Crippen LogP contribution in [-0.2, 0) is 0 Å². The van der Waals surface area contributed by atoms with Crippen molar-refractivity contribution < 1.29 is 4.79 Å². The molecular formula is C20H33N3O. The van der Waals surface area contributed by atoms with Crippen LogP contribution in [-0.4, -0.2) is 41.1 Å². The molecule has 0 bridgehead atoms. The quantitative estimate of drug-likeness (QED) is 0.860. The van der Waals surface area contributed by atoms with E-state index in [4.69, 9.17) is 0 Å². The van der Waals surface area contributed by atoms with Crippen molar-refractivity contribution in [3.63, 3.8) is 0 Å². The highest BCUT2D eigenvalue weighted by molar-refractivity contribution is 5.95. The summed E-state index contributed by atoms with van der Waals surface area (Å²) in [4.78, 5) is 15.1. The second-order valence-corrected chi connectivity index (χ2v) is 7.90. The molecule has 0 aromatic carbocycles. The van der Waals surface area contributed by atoms with Crippen LogP contribution in [0.5, 0.6) is 0 Å². The van der Waals surface area contributed by atoms with E-state index in [0.29, 0.717) is 12.1 Å². The molecule has 1 heterocycles. The van der Waals surface area contributed by atoms with Gasteiger partial charge in [0.1, 0.15) is 0 Å². The van der Waals surface area contributed by atoms with Crippen molar-refractivity contribution in [1.82, 2.24) is 14.8 Å². The largest absolute Gasteiger partial charge is 0.350 e. The van der Waals surface area contributed by atoms with Gasteiger partial charge in [0.2, 0.25) is 0 Å². The molecule has 0 spiro atoms. The average molecular weight is 332 g/mol. The maximum absolute atomic E-state index is 12.7. The fraction of sp³-hybridized carbons (Fsp3) is 0.750. The van der Waals surface area contributed by atoms with Crippen LogP contribution < -0.4 is 5.32 Å². The minimum Gasteiger partial charge on any atom is -0.350 e. The third-order valence-electron chi connectivity index (χ3n) is 6.04. The van der Waals surface area contributed by atoms with Crippen molar-refractivity contribution in [2.45, 2.75) is 83.8 Å². The van der Waals surface area contributed by atoms with Crippen LogP contribution in [0.25, 0.3) is 0 Å². The molecule has 4 nitrogen and oxygen atoms in total. The lowest BCUT2D eigenvalue weighted by molar-refractivity contribution is 0.0938. The Balaban J connectivity index is 1.64. The number of likely N-dealkylation sites (N-methyl/N-ethyl adjacent to an activating group) is 1. The standard InChI is InChI=1S/C20H33N3O/c1-14-12-19(16(3)23(14)18-8-6-5-7-9-18)20(24)21-13-15(2)22(4)17-10-11-17/h12,15,17-18H,5-11,13H2,1-4H3,(H,21,24). The summed E-state index contributed by atoms with van der Waals surface area (Å²) in [6, 6.07) is 3.78. The van der Waals surface area contributed by atoms with Crippen molar-refractivity contribution >= 4 is 5.91 Å². The molecular weight excluding hydrogens is 298 g/mol. The third-order valence-corrected chi connectivity index (χ3v) is 6.04. The van der Waals surface area contributed by atoms with Crippen LogP contribution in [0.4, 0.5) is 0 Å². The van der Waals surface area contributed by atoms with E-state index in [1.807, 2.05) is 0 Å². The molecule has 1 aromatic heterocycles. The minimum atomic E-state index is 0.0845. The monoisotopic (exact) mass is 331 g/mol. The van der Waals surface area contributed by atoms with Gasteiger partial charge < -0.3 is 9.88 Å². The summed E-state index contributed by atoms with van der Waals surface area (Å²) in [5.41, 5.74) is 3.23. The molecule has 2 aliphatic carbocycles. The molecule has 1 amide bonds. The van der Waals surface area contributed by atoms with Crippen LogP contribution in [0, 0.1) is 13.8 Å². The predicted octanol–water partition coefficient (Wildman–Crippen LogP) is 3.82. The second kappa shape index (κ2) is 7.30. The smallest absolute Gasteiger partial charge is 0.253 e. The second-order valence-electron chi connectivity index (χ2n) is 7.90. The average Bonchev–Trinajstić information content (AvgIpc) is 3.38. The lowest BCUT2D eigenvalue weighted by atomic mass is 9.95. The van der Waals surface area contributed by atoms with Gasteiger partial charge in [0, 0.05) is 36.1 Å². The first-order valence-corrected chi connectivity index (χ1v) is 9.67. The Morgan fingerprint density at radius 2 is 1.92 bits per heavy atom. The number of amides is 1. The fourth-order valence-corrected chi connectivity index (χ4v) is 4.23. The van der Waals surface area contributed by atoms with Crippen molar-refractivity contribution in [2.75, 3.05) is 13.6 Å². The van der Waals surface area contributed by atoms with Crippen LogP contribution in [0.3, 0.4) is 0 Å². The SMILES string of the molecule is Cc1cc(C(=O)NCC(C)N(C)C2CC2)c(C)n1C1CCCCC1. The molecule has 1 atom stereocenters. The molecule has 0 aliphatic heterocycles. The first-order chi connectivity index (χ1) is 11.5. The van der Waals surface area contributed by atoms with E-state index in [1.165, 1.54) is 50.6 Å². The molecule has 2 fully saturated rings. The highest BCUT2D eigenvalue weighted by atomic mass is 16.1. The summed E-state index contributed by atoms with van der Waals surface area (Å²) >= 11 is 0. The normalized spacial score (nSPS) is 20.4. The number of hydrogen-bond donors (Lipinski definition) is 1. The van der Waals surface area contributed by atoms with Gasteiger partial charge in [-0.25, -0.2) is 0 Å². The van der Waals surface area contributed by atoms with E-state index < -0.39 is 0 Å². The van der Waals surface area contributed by atoms with Crippen molar-refractivity contribution in [3.05, 3.63) is 23.0 Å².